The second-order valence-electron chi connectivity index (χ2n) is 9.36. The quantitative estimate of drug-likeness (QED) is 0.377. The van der Waals surface area contributed by atoms with Crippen molar-refractivity contribution in [2.45, 2.75) is 6.54 Å². The van der Waals surface area contributed by atoms with Gasteiger partial charge in [-0.05, 0) is 45.8 Å². The maximum Gasteiger partial charge on any atom is 0.212 e. The number of methoxy groups -OCH3 is 1. The molecule has 3 aromatic heterocycles. The minimum Gasteiger partial charge on any atom is -0.481 e. The molecule has 2 aliphatic heterocycles. The molecule has 0 spiro atoms. The summed E-state index contributed by atoms with van der Waals surface area (Å²) >= 11 is 3.75. The predicted octanol–water partition coefficient (Wildman–Crippen LogP) is 3.95. The van der Waals surface area contributed by atoms with E-state index in [1.165, 1.54) is 11.3 Å². The average Bonchev–Trinajstić information content (AvgIpc) is 3.39. The van der Waals surface area contributed by atoms with Crippen LogP contribution in [0.15, 0.2) is 53.3 Å². The number of piperazine rings is 1. The highest BCUT2D eigenvalue weighted by Crippen LogP contribution is 2.34. The van der Waals surface area contributed by atoms with Crippen LogP contribution >= 0.6 is 15.9 Å². The molecule has 0 unspecified atom stereocenters. The molecule has 5 heterocycles. The lowest BCUT2D eigenvalue weighted by Crippen LogP contribution is -2.46. The molecule has 0 saturated carbocycles. The van der Waals surface area contributed by atoms with Gasteiger partial charge < -0.3 is 24.3 Å². The van der Waals surface area contributed by atoms with Gasteiger partial charge in [-0.25, -0.2) is 15.0 Å². The number of halogens is 1. The molecular formula is C27H30BrN7O2. The standard InChI is InChI=1S/C27H30BrN7O2/c1-36-23-7-2-19(16-29-23)18-33-8-10-35(11-9-33)25-22(28)17-30-27-24(25)31-26(32-27)20-3-5-21(6-4-20)34-12-14-37-15-13-34/h2-7,16-17H,8-15,18H2,1H3,(H,30,31,32). The molecule has 0 bridgehead atoms. The number of hydrogen-bond donors (Lipinski definition) is 1. The van der Waals surface area contributed by atoms with Crippen LogP contribution in [0.5, 0.6) is 5.88 Å². The maximum atomic E-state index is 5.48. The molecule has 1 aromatic carbocycles. The number of ether oxygens (including phenoxy) is 2. The van der Waals surface area contributed by atoms with E-state index in [0.29, 0.717) is 5.88 Å². The molecule has 4 aromatic rings. The summed E-state index contributed by atoms with van der Waals surface area (Å²) in [5, 5.41) is 0. The first-order chi connectivity index (χ1) is 18.2. The second-order valence-corrected chi connectivity index (χ2v) is 10.2. The Labute approximate surface area is 224 Å². The fraction of sp³-hybridized carbons (Fsp3) is 0.370. The summed E-state index contributed by atoms with van der Waals surface area (Å²) in [5.74, 6) is 1.48. The first kappa shape index (κ1) is 24.1. The number of nitrogens with one attached hydrogen (secondary N) is 1. The third-order valence-electron chi connectivity index (χ3n) is 7.07. The van der Waals surface area contributed by atoms with Gasteiger partial charge in [0.25, 0.3) is 0 Å². The van der Waals surface area contributed by atoms with Crippen molar-refractivity contribution in [3.05, 3.63) is 58.8 Å². The van der Waals surface area contributed by atoms with Crippen molar-refractivity contribution in [1.29, 1.82) is 0 Å². The number of anilines is 2. The van der Waals surface area contributed by atoms with Crippen LogP contribution in [0, 0.1) is 0 Å². The minimum absolute atomic E-state index is 0.645. The maximum absolute atomic E-state index is 5.48. The van der Waals surface area contributed by atoms with Gasteiger partial charge in [-0.1, -0.05) is 6.07 Å². The largest absolute Gasteiger partial charge is 0.481 e. The predicted molar refractivity (Wildman–Crippen MR) is 148 cm³/mol. The van der Waals surface area contributed by atoms with Crippen LogP contribution in [0.1, 0.15) is 5.56 Å². The molecule has 0 radical (unpaired) electrons. The highest BCUT2D eigenvalue weighted by Gasteiger charge is 2.23. The van der Waals surface area contributed by atoms with E-state index < -0.39 is 0 Å². The summed E-state index contributed by atoms with van der Waals surface area (Å²) < 4.78 is 11.6. The van der Waals surface area contributed by atoms with Crippen molar-refractivity contribution in [3.8, 4) is 17.3 Å². The van der Waals surface area contributed by atoms with Crippen LogP contribution < -0.4 is 14.5 Å². The second kappa shape index (κ2) is 10.6. The molecule has 0 amide bonds. The molecule has 0 aliphatic carbocycles. The molecule has 37 heavy (non-hydrogen) atoms. The van der Waals surface area contributed by atoms with Gasteiger partial charge in [0.1, 0.15) is 11.3 Å². The summed E-state index contributed by atoms with van der Waals surface area (Å²) in [5.41, 5.74) is 6.29. The van der Waals surface area contributed by atoms with Gasteiger partial charge in [-0.3, -0.25) is 4.90 Å². The molecule has 1 N–H and O–H groups in total. The Kier molecular flexibility index (Phi) is 6.95. The summed E-state index contributed by atoms with van der Waals surface area (Å²) in [6.45, 7) is 8.06. The zero-order valence-electron chi connectivity index (χ0n) is 20.9. The zero-order valence-corrected chi connectivity index (χ0v) is 22.4. The van der Waals surface area contributed by atoms with E-state index in [1.54, 1.807) is 7.11 Å². The third kappa shape index (κ3) is 5.14. The monoisotopic (exact) mass is 563 g/mol. The number of hydrogen-bond acceptors (Lipinski definition) is 8. The first-order valence-electron chi connectivity index (χ1n) is 12.6. The van der Waals surface area contributed by atoms with Gasteiger partial charge in [0, 0.05) is 75.5 Å². The first-order valence-corrected chi connectivity index (χ1v) is 13.4. The number of morpholine rings is 1. The van der Waals surface area contributed by atoms with Gasteiger partial charge in [0.15, 0.2) is 5.65 Å². The number of fused-ring (bicyclic) bond motifs is 1. The van der Waals surface area contributed by atoms with Gasteiger partial charge in [0.2, 0.25) is 5.88 Å². The fourth-order valence-corrected chi connectivity index (χ4v) is 5.58. The SMILES string of the molecule is COc1ccc(CN2CCN(c3c(Br)cnc4nc(-c5ccc(N6CCOCC6)cc5)[nH]c34)CC2)cn1. The molecular weight excluding hydrogens is 534 g/mol. The van der Waals surface area contributed by atoms with Gasteiger partial charge >= 0.3 is 0 Å². The van der Waals surface area contributed by atoms with Gasteiger partial charge in [-0.15, -0.1) is 0 Å². The van der Waals surface area contributed by atoms with E-state index in [1.807, 2.05) is 18.5 Å². The highest BCUT2D eigenvalue weighted by molar-refractivity contribution is 9.10. The van der Waals surface area contributed by atoms with E-state index in [9.17, 15) is 0 Å². The number of imidazole rings is 1. The lowest BCUT2D eigenvalue weighted by Gasteiger charge is -2.36. The Morgan fingerprint density at radius 1 is 0.919 bits per heavy atom. The van der Waals surface area contributed by atoms with Crippen molar-refractivity contribution in [2.75, 3.05) is 69.4 Å². The Hall–Kier alpha value is -3.21. The molecule has 2 saturated heterocycles. The number of pyridine rings is 2. The van der Waals surface area contributed by atoms with Crippen LogP contribution in [-0.4, -0.2) is 84.4 Å². The summed E-state index contributed by atoms with van der Waals surface area (Å²) in [4.78, 5) is 24.6. The Bertz CT molecular complexity index is 1350. The minimum atomic E-state index is 0.645. The molecule has 6 rings (SSSR count). The van der Waals surface area contributed by atoms with E-state index in [4.69, 9.17) is 14.5 Å². The third-order valence-corrected chi connectivity index (χ3v) is 7.65. The molecule has 2 fully saturated rings. The number of aromatic amines is 1. The van der Waals surface area contributed by atoms with E-state index in [0.717, 1.165) is 91.7 Å². The van der Waals surface area contributed by atoms with Crippen molar-refractivity contribution in [3.63, 3.8) is 0 Å². The van der Waals surface area contributed by atoms with Crippen molar-refractivity contribution >= 4 is 38.5 Å². The number of aromatic nitrogens is 4. The van der Waals surface area contributed by atoms with Gasteiger partial charge in [0.05, 0.1) is 30.5 Å². The van der Waals surface area contributed by atoms with E-state index in [2.05, 4.69) is 75.9 Å². The lowest BCUT2D eigenvalue weighted by atomic mass is 10.2. The molecule has 0 atom stereocenters. The number of H-pyrrole nitrogens is 1. The lowest BCUT2D eigenvalue weighted by molar-refractivity contribution is 0.122. The number of rotatable bonds is 6. The summed E-state index contributed by atoms with van der Waals surface area (Å²) in [6.07, 6.45) is 3.76. The topological polar surface area (TPSA) is 82.6 Å². The molecule has 2 aliphatic rings. The number of benzene rings is 1. The smallest absolute Gasteiger partial charge is 0.212 e. The van der Waals surface area contributed by atoms with Crippen LogP contribution in [0.25, 0.3) is 22.6 Å². The van der Waals surface area contributed by atoms with Crippen LogP contribution in [0.3, 0.4) is 0 Å². The summed E-state index contributed by atoms with van der Waals surface area (Å²) in [6, 6.07) is 12.6. The number of nitrogens with zero attached hydrogens (tertiary/aromatic N) is 6. The van der Waals surface area contributed by atoms with E-state index >= 15 is 0 Å². The van der Waals surface area contributed by atoms with Crippen LogP contribution in [0.4, 0.5) is 11.4 Å². The Balaban J connectivity index is 1.18. The van der Waals surface area contributed by atoms with Crippen molar-refractivity contribution in [1.82, 2.24) is 24.8 Å². The van der Waals surface area contributed by atoms with Gasteiger partial charge in [-0.2, -0.15) is 0 Å². The zero-order chi connectivity index (χ0) is 25.2. The van der Waals surface area contributed by atoms with Crippen molar-refractivity contribution < 1.29 is 9.47 Å². The van der Waals surface area contributed by atoms with Crippen LogP contribution in [0.2, 0.25) is 0 Å². The normalized spacial score (nSPS) is 16.9. The Morgan fingerprint density at radius 2 is 1.70 bits per heavy atom. The van der Waals surface area contributed by atoms with Crippen LogP contribution in [-0.2, 0) is 11.3 Å². The van der Waals surface area contributed by atoms with E-state index in [-0.39, 0.29) is 0 Å². The Morgan fingerprint density at radius 3 is 2.41 bits per heavy atom. The molecule has 192 valence electrons. The summed E-state index contributed by atoms with van der Waals surface area (Å²) in [7, 11) is 1.64. The fourth-order valence-electron chi connectivity index (χ4n) is 5.03. The molecule has 10 heteroatoms. The van der Waals surface area contributed by atoms with Crippen molar-refractivity contribution in [2.24, 2.45) is 0 Å². The molecule has 9 nitrogen and oxygen atoms in total. The average molecular weight is 564 g/mol. The highest BCUT2D eigenvalue weighted by atomic mass is 79.9.